The third kappa shape index (κ3) is 4.09. The molecule has 2 atom stereocenters. The highest BCUT2D eigenvalue weighted by Gasteiger charge is 2.19. The van der Waals surface area contributed by atoms with Crippen LogP contribution in [-0.2, 0) is 0 Å². The van der Waals surface area contributed by atoms with Crippen molar-refractivity contribution >= 4 is 43.2 Å². The molecule has 0 bridgehead atoms. The SMILES string of the molecule is c1cc(C2CCCSS2)cc(-c2cc(C3CCCSS3)ccn2)n1. The molecule has 24 heavy (non-hydrogen) atoms. The van der Waals surface area contributed by atoms with E-state index in [0.29, 0.717) is 10.5 Å². The van der Waals surface area contributed by atoms with Crippen molar-refractivity contribution in [3.05, 3.63) is 47.8 Å². The fraction of sp³-hybridized carbons (Fsp3) is 0.444. The van der Waals surface area contributed by atoms with Gasteiger partial charge in [-0.15, -0.1) is 0 Å². The summed E-state index contributed by atoms with van der Waals surface area (Å²) in [5.74, 6) is 2.56. The normalized spacial score (nSPS) is 24.7. The molecule has 0 saturated carbocycles. The van der Waals surface area contributed by atoms with E-state index in [0.717, 1.165) is 11.4 Å². The first kappa shape index (κ1) is 17.1. The van der Waals surface area contributed by atoms with Crippen molar-refractivity contribution in [2.45, 2.75) is 36.2 Å². The lowest BCUT2D eigenvalue weighted by Crippen LogP contribution is -2.01. The molecule has 2 fully saturated rings. The second kappa shape index (κ2) is 8.39. The fourth-order valence-corrected chi connectivity index (χ4v) is 8.68. The van der Waals surface area contributed by atoms with Crippen molar-refractivity contribution in [2.24, 2.45) is 0 Å². The highest BCUT2D eigenvalue weighted by molar-refractivity contribution is 8.77. The molecular weight excluding hydrogens is 372 g/mol. The van der Waals surface area contributed by atoms with Crippen LogP contribution >= 0.6 is 43.2 Å². The zero-order valence-corrected chi connectivity index (χ0v) is 16.7. The van der Waals surface area contributed by atoms with Gasteiger partial charge in [-0.05, 0) is 61.1 Å². The van der Waals surface area contributed by atoms with E-state index in [9.17, 15) is 0 Å². The first-order valence-corrected chi connectivity index (χ1v) is 13.2. The van der Waals surface area contributed by atoms with Gasteiger partial charge in [0.15, 0.2) is 0 Å². The van der Waals surface area contributed by atoms with Gasteiger partial charge in [-0.1, -0.05) is 43.2 Å². The Balaban J connectivity index is 1.59. The summed E-state index contributed by atoms with van der Waals surface area (Å²) in [6.07, 6.45) is 9.05. The van der Waals surface area contributed by atoms with Crippen LogP contribution in [0.15, 0.2) is 36.7 Å². The maximum absolute atomic E-state index is 4.60. The van der Waals surface area contributed by atoms with Crippen LogP contribution in [0.4, 0.5) is 0 Å². The van der Waals surface area contributed by atoms with E-state index in [4.69, 9.17) is 0 Å². The van der Waals surface area contributed by atoms with E-state index in [1.54, 1.807) is 0 Å². The molecule has 2 aromatic rings. The van der Waals surface area contributed by atoms with Gasteiger partial charge in [-0.2, -0.15) is 0 Å². The van der Waals surface area contributed by atoms with Crippen LogP contribution in [0.5, 0.6) is 0 Å². The summed E-state index contributed by atoms with van der Waals surface area (Å²) < 4.78 is 0. The van der Waals surface area contributed by atoms with Gasteiger partial charge in [-0.25, -0.2) is 0 Å². The number of hydrogen-bond donors (Lipinski definition) is 0. The van der Waals surface area contributed by atoms with Crippen LogP contribution in [0.25, 0.3) is 11.4 Å². The molecule has 2 nitrogen and oxygen atoms in total. The van der Waals surface area contributed by atoms with Gasteiger partial charge >= 0.3 is 0 Å². The molecule has 2 aromatic heterocycles. The second-order valence-corrected chi connectivity index (χ2v) is 11.4. The largest absolute Gasteiger partial charge is 0.255 e. The minimum absolute atomic E-state index is 0.596. The lowest BCUT2D eigenvalue weighted by atomic mass is 10.0. The highest BCUT2D eigenvalue weighted by atomic mass is 33.1. The lowest BCUT2D eigenvalue weighted by Gasteiger charge is -2.22. The topological polar surface area (TPSA) is 25.8 Å². The Kier molecular flexibility index (Phi) is 5.99. The zero-order valence-electron chi connectivity index (χ0n) is 13.4. The number of pyridine rings is 2. The minimum atomic E-state index is 0.596. The van der Waals surface area contributed by atoms with E-state index in [-0.39, 0.29) is 0 Å². The molecule has 0 spiro atoms. The Morgan fingerprint density at radius 1 is 0.750 bits per heavy atom. The molecule has 126 valence electrons. The zero-order chi connectivity index (χ0) is 16.2. The summed E-state index contributed by atoms with van der Waals surface area (Å²) >= 11 is 0. The summed E-state index contributed by atoms with van der Waals surface area (Å²) in [6, 6.07) is 8.84. The third-order valence-corrected chi connectivity index (χ3v) is 10.2. The van der Waals surface area contributed by atoms with Gasteiger partial charge < -0.3 is 0 Å². The van der Waals surface area contributed by atoms with Crippen LogP contribution in [0.2, 0.25) is 0 Å². The summed E-state index contributed by atoms with van der Waals surface area (Å²) in [7, 11) is 8.01. The molecule has 2 saturated heterocycles. The van der Waals surface area contributed by atoms with Crippen LogP contribution in [-0.4, -0.2) is 21.5 Å². The van der Waals surface area contributed by atoms with Gasteiger partial charge in [0.05, 0.1) is 11.4 Å². The van der Waals surface area contributed by atoms with E-state index in [1.165, 1.54) is 48.3 Å². The Morgan fingerprint density at radius 2 is 1.25 bits per heavy atom. The van der Waals surface area contributed by atoms with Crippen molar-refractivity contribution in [1.82, 2.24) is 9.97 Å². The first-order chi connectivity index (χ1) is 11.9. The monoisotopic (exact) mass is 392 g/mol. The molecule has 2 unspecified atom stereocenters. The molecule has 0 amide bonds. The average Bonchev–Trinajstić information content (AvgIpc) is 2.70. The predicted octanol–water partition coefficient (Wildman–Crippen LogP) is 6.58. The van der Waals surface area contributed by atoms with E-state index in [2.05, 4.69) is 34.2 Å². The lowest BCUT2D eigenvalue weighted by molar-refractivity contribution is 0.781. The molecular formula is C18H20N2S4. The van der Waals surface area contributed by atoms with Gasteiger partial charge in [0.1, 0.15) is 0 Å². The maximum atomic E-state index is 4.60. The van der Waals surface area contributed by atoms with Crippen LogP contribution in [0.1, 0.15) is 47.3 Å². The van der Waals surface area contributed by atoms with Crippen molar-refractivity contribution in [3.63, 3.8) is 0 Å². The highest BCUT2D eigenvalue weighted by Crippen LogP contribution is 2.47. The van der Waals surface area contributed by atoms with Crippen molar-refractivity contribution in [3.8, 4) is 11.4 Å². The quantitative estimate of drug-likeness (QED) is 0.548. The molecule has 4 rings (SSSR count). The van der Waals surface area contributed by atoms with E-state index in [1.807, 2.05) is 55.6 Å². The van der Waals surface area contributed by atoms with Gasteiger partial charge in [-0.3, -0.25) is 9.97 Å². The molecule has 0 aromatic carbocycles. The fourth-order valence-electron chi connectivity index (χ4n) is 3.03. The molecule has 6 heteroatoms. The standard InChI is InChI=1S/C18H20N2S4/c1-3-17(23-21-9-1)13-5-7-19-15(11-13)16-12-14(6-8-20-16)18-4-2-10-22-24-18/h5-8,11-12,17-18H,1-4,9-10H2. The second-order valence-electron chi connectivity index (χ2n) is 6.05. The molecule has 4 heterocycles. The number of hydrogen-bond acceptors (Lipinski definition) is 6. The molecule has 2 aliphatic rings. The molecule has 2 aliphatic heterocycles. The Morgan fingerprint density at radius 3 is 1.67 bits per heavy atom. The summed E-state index contributed by atoms with van der Waals surface area (Å²) in [6.45, 7) is 0. The Bertz CT molecular complexity index is 623. The van der Waals surface area contributed by atoms with Gasteiger partial charge in [0, 0.05) is 34.4 Å². The Labute approximate surface area is 159 Å². The number of nitrogens with zero attached hydrogens (tertiary/aromatic N) is 2. The summed E-state index contributed by atoms with van der Waals surface area (Å²) in [5.41, 5.74) is 4.82. The van der Waals surface area contributed by atoms with Crippen LogP contribution in [0, 0.1) is 0 Å². The smallest absolute Gasteiger partial charge is 0.0889 e. The van der Waals surface area contributed by atoms with E-state index < -0.39 is 0 Å². The van der Waals surface area contributed by atoms with Crippen molar-refractivity contribution in [2.75, 3.05) is 11.5 Å². The van der Waals surface area contributed by atoms with Crippen molar-refractivity contribution in [1.29, 1.82) is 0 Å². The maximum Gasteiger partial charge on any atom is 0.0889 e. The third-order valence-electron chi connectivity index (χ3n) is 4.33. The summed E-state index contributed by atoms with van der Waals surface area (Å²) in [4.78, 5) is 9.20. The Hall–Kier alpha value is -0.300. The molecule has 0 radical (unpaired) electrons. The van der Waals surface area contributed by atoms with E-state index >= 15 is 0 Å². The predicted molar refractivity (Wildman–Crippen MR) is 112 cm³/mol. The number of aromatic nitrogens is 2. The van der Waals surface area contributed by atoms with Gasteiger partial charge in [0.2, 0.25) is 0 Å². The summed E-state index contributed by atoms with van der Waals surface area (Å²) in [5, 5.41) is 1.19. The number of rotatable bonds is 3. The molecule has 0 N–H and O–H groups in total. The first-order valence-electron chi connectivity index (χ1n) is 8.39. The van der Waals surface area contributed by atoms with Crippen LogP contribution in [0.3, 0.4) is 0 Å². The minimum Gasteiger partial charge on any atom is -0.255 e. The molecule has 0 aliphatic carbocycles. The van der Waals surface area contributed by atoms with Crippen LogP contribution < -0.4 is 0 Å². The van der Waals surface area contributed by atoms with Crippen molar-refractivity contribution < 1.29 is 0 Å². The van der Waals surface area contributed by atoms with Gasteiger partial charge in [0.25, 0.3) is 0 Å². The average molecular weight is 393 g/mol.